The number of rotatable bonds is 8. The Balaban J connectivity index is 2.21. The van der Waals surface area contributed by atoms with Crippen molar-refractivity contribution in [2.45, 2.75) is 52.5 Å². The number of aliphatic carboxylic acids is 1. The van der Waals surface area contributed by atoms with Crippen molar-refractivity contribution in [3.05, 3.63) is 0 Å². The van der Waals surface area contributed by atoms with Gasteiger partial charge in [-0.3, -0.25) is 14.5 Å². The number of amides is 1. The summed E-state index contributed by atoms with van der Waals surface area (Å²) in [7, 11) is 0. The smallest absolute Gasteiger partial charge is 0.303 e. The van der Waals surface area contributed by atoms with Crippen LogP contribution in [0.2, 0.25) is 0 Å². The lowest BCUT2D eigenvalue weighted by Crippen LogP contribution is -2.40. The first-order chi connectivity index (χ1) is 9.36. The van der Waals surface area contributed by atoms with Crippen molar-refractivity contribution in [3.8, 4) is 0 Å². The summed E-state index contributed by atoms with van der Waals surface area (Å²) in [5.41, 5.74) is 0. The maximum atomic E-state index is 11.9. The van der Waals surface area contributed by atoms with Crippen LogP contribution in [0.15, 0.2) is 0 Å². The molecule has 116 valence electrons. The number of carboxylic acids is 1. The van der Waals surface area contributed by atoms with Crippen LogP contribution in [-0.4, -0.2) is 47.6 Å². The van der Waals surface area contributed by atoms with E-state index in [2.05, 4.69) is 24.1 Å². The molecule has 20 heavy (non-hydrogen) atoms. The van der Waals surface area contributed by atoms with Gasteiger partial charge in [-0.15, -0.1) is 0 Å². The van der Waals surface area contributed by atoms with Gasteiger partial charge in [0.1, 0.15) is 0 Å². The molecule has 0 radical (unpaired) electrons. The highest BCUT2D eigenvalue weighted by Crippen LogP contribution is 2.19. The highest BCUT2D eigenvalue weighted by atomic mass is 16.4. The summed E-state index contributed by atoms with van der Waals surface area (Å²) in [4.78, 5) is 24.6. The molecule has 0 aromatic heterocycles. The molecule has 1 aliphatic rings. The van der Waals surface area contributed by atoms with Gasteiger partial charge in [0.15, 0.2) is 0 Å². The van der Waals surface area contributed by atoms with Crippen molar-refractivity contribution in [3.63, 3.8) is 0 Å². The third-order valence-corrected chi connectivity index (χ3v) is 3.78. The van der Waals surface area contributed by atoms with E-state index in [9.17, 15) is 9.59 Å². The van der Waals surface area contributed by atoms with E-state index in [1.54, 1.807) is 0 Å². The first-order valence-corrected chi connectivity index (χ1v) is 7.60. The maximum Gasteiger partial charge on any atom is 0.303 e. The predicted molar refractivity (Wildman–Crippen MR) is 78.5 cm³/mol. The van der Waals surface area contributed by atoms with Gasteiger partial charge < -0.3 is 10.4 Å². The maximum absolute atomic E-state index is 11.9. The van der Waals surface area contributed by atoms with Crippen LogP contribution in [0, 0.1) is 11.8 Å². The summed E-state index contributed by atoms with van der Waals surface area (Å²) < 4.78 is 0. The lowest BCUT2D eigenvalue weighted by atomic mass is 10.0. The van der Waals surface area contributed by atoms with Gasteiger partial charge in [-0.2, -0.15) is 0 Å². The SMILES string of the molecule is CC(C)CCC(C)NC(=O)CN1CCC(CC(=O)O)C1. The summed E-state index contributed by atoms with van der Waals surface area (Å²) in [6, 6.07) is 0.210. The van der Waals surface area contributed by atoms with E-state index in [-0.39, 0.29) is 24.3 Å². The van der Waals surface area contributed by atoms with Gasteiger partial charge in [0.2, 0.25) is 5.91 Å². The van der Waals surface area contributed by atoms with E-state index in [1.165, 1.54) is 0 Å². The monoisotopic (exact) mass is 284 g/mol. The standard InChI is InChI=1S/C15H28N2O3/c1-11(2)4-5-12(3)16-14(18)10-17-7-6-13(9-17)8-15(19)20/h11-13H,4-10H2,1-3H3,(H,16,18)(H,19,20). The highest BCUT2D eigenvalue weighted by molar-refractivity contribution is 5.78. The third kappa shape index (κ3) is 6.89. The van der Waals surface area contributed by atoms with E-state index >= 15 is 0 Å². The predicted octanol–water partition coefficient (Wildman–Crippen LogP) is 1.72. The second kappa shape index (κ2) is 8.25. The number of carbonyl (C=O) groups excluding carboxylic acids is 1. The van der Waals surface area contributed by atoms with E-state index in [0.29, 0.717) is 12.5 Å². The van der Waals surface area contributed by atoms with Crippen LogP contribution in [0.4, 0.5) is 0 Å². The normalized spacial score (nSPS) is 21.1. The topological polar surface area (TPSA) is 69.6 Å². The number of hydrogen-bond acceptors (Lipinski definition) is 3. The fourth-order valence-electron chi connectivity index (χ4n) is 2.65. The Labute approximate surface area is 121 Å². The fraction of sp³-hybridized carbons (Fsp3) is 0.867. The Hall–Kier alpha value is -1.10. The molecule has 1 amide bonds. The summed E-state index contributed by atoms with van der Waals surface area (Å²) in [5, 5.41) is 11.8. The van der Waals surface area contributed by atoms with Crippen LogP contribution in [-0.2, 0) is 9.59 Å². The average molecular weight is 284 g/mol. The summed E-state index contributed by atoms with van der Waals surface area (Å²) in [6.07, 6.45) is 3.21. The summed E-state index contributed by atoms with van der Waals surface area (Å²) in [6.45, 7) is 8.34. The molecule has 2 N–H and O–H groups in total. The molecule has 5 heteroatoms. The van der Waals surface area contributed by atoms with E-state index in [4.69, 9.17) is 5.11 Å². The molecule has 2 atom stereocenters. The van der Waals surface area contributed by atoms with Crippen LogP contribution in [0.3, 0.4) is 0 Å². The third-order valence-electron chi connectivity index (χ3n) is 3.78. The second-order valence-corrected chi connectivity index (χ2v) is 6.43. The lowest BCUT2D eigenvalue weighted by molar-refractivity contribution is -0.138. The average Bonchev–Trinajstić information content (AvgIpc) is 2.72. The minimum Gasteiger partial charge on any atom is -0.481 e. The largest absolute Gasteiger partial charge is 0.481 e. The van der Waals surface area contributed by atoms with Crippen molar-refractivity contribution >= 4 is 11.9 Å². The number of hydrogen-bond donors (Lipinski definition) is 2. The van der Waals surface area contributed by atoms with Gasteiger partial charge in [0, 0.05) is 19.0 Å². The molecular formula is C15H28N2O3. The first-order valence-electron chi connectivity index (χ1n) is 7.60. The van der Waals surface area contributed by atoms with Gasteiger partial charge in [-0.05, 0) is 44.6 Å². The molecule has 1 saturated heterocycles. The molecule has 0 saturated carbocycles. The Morgan fingerprint density at radius 3 is 2.60 bits per heavy atom. The fourth-order valence-corrected chi connectivity index (χ4v) is 2.65. The zero-order chi connectivity index (χ0) is 15.1. The zero-order valence-electron chi connectivity index (χ0n) is 12.9. The first kappa shape index (κ1) is 17.0. The quantitative estimate of drug-likeness (QED) is 0.712. The summed E-state index contributed by atoms with van der Waals surface area (Å²) in [5.74, 6) is 0.157. The molecule has 0 spiro atoms. The number of nitrogens with zero attached hydrogens (tertiary/aromatic N) is 1. The number of likely N-dealkylation sites (tertiary alicyclic amines) is 1. The van der Waals surface area contributed by atoms with Crippen molar-refractivity contribution in [2.75, 3.05) is 19.6 Å². The van der Waals surface area contributed by atoms with Gasteiger partial charge in [0.25, 0.3) is 0 Å². The zero-order valence-corrected chi connectivity index (χ0v) is 12.9. The highest BCUT2D eigenvalue weighted by Gasteiger charge is 2.25. The molecule has 1 aliphatic heterocycles. The Bertz CT molecular complexity index is 331. The van der Waals surface area contributed by atoms with Crippen molar-refractivity contribution in [1.29, 1.82) is 0 Å². The minimum atomic E-state index is -0.747. The molecule has 2 unspecified atom stereocenters. The van der Waals surface area contributed by atoms with Gasteiger partial charge in [-0.25, -0.2) is 0 Å². The molecule has 1 fully saturated rings. The Morgan fingerprint density at radius 2 is 2.00 bits per heavy atom. The van der Waals surface area contributed by atoms with Crippen molar-refractivity contribution in [1.82, 2.24) is 10.2 Å². The van der Waals surface area contributed by atoms with Crippen molar-refractivity contribution in [2.24, 2.45) is 11.8 Å². The molecule has 0 aliphatic carbocycles. The molecule has 0 bridgehead atoms. The van der Waals surface area contributed by atoms with E-state index in [0.717, 1.165) is 32.4 Å². The molecule has 5 nitrogen and oxygen atoms in total. The Morgan fingerprint density at radius 1 is 1.30 bits per heavy atom. The molecule has 0 aromatic rings. The van der Waals surface area contributed by atoms with Crippen LogP contribution in [0.25, 0.3) is 0 Å². The van der Waals surface area contributed by atoms with Gasteiger partial charge >= 0.3 is 5.97 Å². The van der Waals surface area contributed by atoms with Crippen LogP contribution >= 0.6 is 0 Å². The minimum absolute atomic E-state index is 0.0530. The van der Waals surface area contributed by atoms with Crippen LogP contribution < -0.4 is 5.32 Å². The van der Waals surface area contributed by atoms with Crippen LogP contribution in [0.1, 0.15) is 46.5 Å². The molecule has 0 aromatic carbocycles. The van der Waals surface area contributed by atoms with Crippen LogP contribution in [0.5, 0.6) is 0 Å². The second-order valence-electron chi connectivity index (χ2n) is 6.43. The molecular weight excluding hydrogens is 256 g/mol. The number of nitrogens with one attached hydrogen (secondary N) is 1. The molecule has 1 heterocycles. The van der Waals surface area contributed by atoms with E-state index in [1.807, 2.05) is 6.92 Å². The lowest BCUT2D eigenvalue weighted by Gasteiger charge is -2.19. The van der Waals surface area contributed by atoms with Gasteiger partial charge in [-0.1, -0.05) is 13.8 Å². The number of carbonyl (C=O) groups is 2. The molecule has 1 rings (SSSR count). The Kier molecular flexibility index (Phi) is 6.99. The number of carboxylic acid groups (broad SMARTS) is 1. The summed E-state index contributed by atoms with van der Waals surface area (Å²) >= 11 is 0. The van der Waals surface area contributed by atoms with E-state index < -0.39 is 5.97 Å². The van der Waals surface area contributed by atoms with Gasteiger partial charge in [0.05, 0.1) is 6.54 Å². The van der Waals surface area contributed by atoms with Crippen molar-refractivity contribution < 1.29 is 14.7 Å².